The average molecular weight is 480 g/mol. The Balaban J connectivity index is 1.37. The van der Waals surface area contributed by atoms with E-state index in [2.05, 4.69) is 34.4 Å². The fourth-order valence-corrected chi connectivity index (χ4v) is 4.58. The van der Waals surface area contributed by atoms with Crippen LogP contribution in [0.3, 0.4) is 0 Å². The molecule has 0 bridgehead atoms. The lowest BCUT2D eigenvalue weighted by molar-refractivity contribution is -0.133. The topological polar surface area (TPSA) is 105 Å². The van der Waals surface area contributed by atoms with Gasteiger partial charge in [-0.15, -0.1) is 0 Å². The summed E-state index contributed by atoms with van der Waals surface area (Å²) in [6, 6.07) is 7.72. The molecule has 176 valence electrons. The number of rotatable bonds is 6. The van der Waals surface area contributed by atoms with Crippen LogP contribution in [0.15, 0.2) is 36.8 Å². The van der Waals surface area contributed by atoms with Gasteiger partial charge < -0.3 is 15.5 Å². The van der Waals surface area contributed by atoms with Gasteiger partial charge in [0.05, 0.1) is 29.6 Å². The number of nitrogens with one attached hydrogen (secondary N) is 2. The van der Waals surface area contributed by atoms with Crippen molar-refractivity contribution < 1.29 is 9.59 Å². The van der Waals surface area contributed by atoms with E-state index in [-0.39, 0.29) is 29.7 Å². The van der Waals surface area contributed by atoms with Gasteiger partial charge >= 0.3 is 0 Å². The SMILES string of the molecule is CC(C)NC[C@@H](C(=O)N1Cc2cn(-c3ncnc4c3[C@H](C)C(=O)N4)nc2C1)c1ccc(Cl)cc1. The number of halogens is 1. The van der Waals surface area contributed by atoms with Crippen LogP contribution in [0.4, 0.5) is 5.82 Å². The maximum absolute atomic E-state index is 13.5. The third-order valence-corrected chi connectivity index (χ3v) is 6.59. The molecule has 9 nitrogen and oxygen atoms in total. The molecule has 2 N–H and O–H groups in total. The lowest BCUT2D eigenvalue weighted by atomic mass is 9.97. The third-order valence-electron chi connectivity index (χ3n) is 6.34. The van der Waals surface area contributed by atoms with E-state index in [0.29, 0.717) is 36.3 Å². The van der Waals surface area contributed by atoms with Crippen molar-refractivity contribution in [3.8, 4) is 5.82 Å². The summed E-state index contributed by atoms with van der Waals surface area (Å²) in [5, 5.41) is 11.5. The number of benzene rings is 1. The van der Waals surface area contributed by atoms with Crippen molar-refractivity contribution >= 4 is 29.2 Å². The van der Waals surface area contributed by atoms with E-state index in [4.69, 9.17) is 16.7 Å². The smallest absolute Gasteiger partial charge is 0.233 e. The summed E-state index contributed by atoms with van der Waals surface area (Å²) in [5.41, 5.74) is 3.47. The molecule has 0 unspecified atom stereocenters. The molecule has 0 spiro atoms. The molecule has 2 aliphatic heterocycles. The molecule has 0 radical (unpaired) electrons. The van der Waals surface area contributed by atoms with Crippen LogP contribution < -0.4 is 10.6 Å². The standard InChI is InChI=1S/C24H26ClN7O2/c1-13(2)26-8-18(15-4-6-17(25)7-5-15)24(34)31-9-16-10-32(30-19(16)11-31)22-20-14(3)23(33)29-21(20)27-12-28-22/h4-7,10,12-14,18,26H,8-9,11H2,1-3H3,(H,27,28,29,33)/t14-,18+/m0/s1. The molecular formula is C24H26ClN7O2. The molecule has 3 aromatic rings. The van der Waals surface area contributed by atoms with Gasteiger partial charge in [-0.1, -0.05) is 37.6 Å². The summed E-state index contributed by atoms with van der Waals surface area (Å²) >= 11 is 6.06. The number of carbonyl (C=O) groups excluding carboxylic acids is 2. The molecule has 2 atom stereocenters. The first kappa shape index (κ1) is 22.5. The van der Waals surface area contributed by atoms with Crippen LogP contribution in [0.25, 0.3) is 5.82 Å². The minimum Gasteiger partial charge on any atom is -0.332 e. The van der Waals surface area contributed by atoms with Gasteiger partial charge in [0.25, 0.3) is 0 Å². The number of nitrogens with zero attached hydrogens (tertiary/aromatic N) is 5. The van der Waals surface area contributed by atoms with Crippen LogP contribution in [0.2, 0.25) is 5.02 Å². The van der Waals surface area contributed by atoms with E-state index in [0.717, 1.165) is 22.4 Å². The van der Waals surface area contributed by atoms with Gasteiger partial charge in [0.1, 0.15) is 12.1 Å². The monoisotopic (exact) mass is 479 g/mol. The quantitative estimate of drug-likeness (QED) is 0.563. The zero-order valence-corrected chi connectivity index (χ0v) is 20.0. The predicted molar refractivity (Wildman–Crippen MR) is 128 cm³/mol. The molecule has 0 saturated carbocycles. The fourth-order valence-electron chi connectivity index (χ4n) is 4.46. The Hall–Kier alpha value is -3.30. The number of carbonyl (C=O) groups is 2. The minimum absolute atomic E-state index is 0.0476. The first-order valence-corrected chi connectivity index (χ1v) is 11.7. The Morgan fingerprint density at radius 2 is 2.00 bits per heavy atom. The van der Waals surface area contributed by atoms with Crippen molar-refractivity contribution in [3.05, 3.63) is 64.2 Å². The minimum atomic E-state index is -0.350. The molecule has 0 aliphatic carbocycles. The van der Waals surface area contributed by atoms with Crippen LogP contribution in [0.1, 0.15) is 55.0 Å². The van der Waals surface area contributed by atoms with E-state index >= 15 is 0 Å². The van der Waals surface area contributed by atoms with Crippen molar-refractivity contribution in [2.75, 3.05) is 11.9 Å². The highest BCUT2D eigenvalue weighted by molar-refractivity contribution is 6.30. The Morgan fingerprint density at radius 1 is 1.24 bits per heavy atom. The van der Waals surface area contributed by atoms with Gasteiger partial charge in [0.15, 0.2) is 5.82 Å². The van der Waals surface area contributed by atoms with Crippen LogP contribution in [0.5, 0.6) is 0 Å². The van der Waals surface area contributed by atoms with E-state index in [1.165, 1.54) is 6.33 Å². The molecule has 0 fully saturated rings. The molecular weight excluding hydrogens is 454 g/mol. The van der Waals surface area contributed by atoms with Crippen LogP contribution in [-0.2, 0) is 22.7 Å². The van der Waals surface area contributed by atoms with Gasteiger partial charge in [-0.25, -0.2) is 14.6 Å². The van der Waals surface area contributed by atoms with Gasteiger partial charge in [-0.05, 0) is 24.6 Å². The van der Waals surface area contributed by atoms with Crippen LogP contribution in [0, 0.1) is 0 Å². The van der Waals surface area contributed by atoms with Crippen molar-refractivity contribution in [1.29, 1.82) is 0 Å². The molecule has 2 aromatic heterocycles. The second kappa shape index (κ2) is 8.81. The second-order valence-electron chi connectivity index (χ2n) is 9.08. The number of fused-ring (bicyclic) bond motifs is 2. The molecule has 10 heteroatoms. The van der Waals surface area contributed by atoms with Crippen molar-refractivity contribution in [1.82, 2.24) is 30.0 Å². The summed E-state index contributed by atoms with van der Waals surface area (Å²) in [7, 11) is 0. The Labute approximate surface area is 202 Å². The highest BCUT2D eigenvalue weighted by Gasteiger charge is 2.35. The van der Waals surface area contributed by atoms with Gasteiger partial charge in [0.2, 0.25) is 11.8 Å². The molecule has 2 aliphatic rings. The number of hydrogen-bond acceptors (Lipinski definition) is 6. The number of aromatic nitrogens is 4. The molecule has 2 amide bonds. The summed E-state index contributed by atoms with van der Waals surface area (Å²) in [6.45, 7) is 7.39. The molecule has 34 heavy (non-hydrogen) atoms. The summed E-state index contributed by atoms with van der Waals surface area (Å²) in [5.74, 6) is 0.389. The average Bonchev–Trinajstić information content (AvgIpc) is 3.46. The van der Waals surface area contributed by atoms with E-state index in [1.54, 1.807) is 4.68 Å². The Bertz CT molecular complexity index is 1230. The lowest BCUT2D eigenvalue weighted by Crippen LogP contribution is -2.38. The van der Waals surface area contributed by atoms with E-state index in [9.17, 15) is 9.59 Å². The van der Waals surface area contributed by atoms with Crippen molar-refractivity contribution in [3.63, 3.8) is 0 Å². The highest BCUT2D eigenvalue weighted by atomic mass is 35.5. The molecule has 0 saturated heterocycles. The summed E-state index contributed by atoms with van der Waals surface area (Å²) in [6.07, 6.45) is 3.32. The zero-order chi connectivity index (χ0) is 24.0. The molecule has 5 rings (SSSR count). The first-order valence-electron chi connectivity index (χ1n) is 11.3. The van der Waals surface area contributed by atoms with Crippen LogP contribution in [-0.4, -0.2) is 49.0 Å². The number of anilines is 1. The second-order valence-corrected chi connectivity index (χ2v) is 9.51. The van der Waals surface area contributed by atoms with Gasteiger partial charge in [0, 0.05) is 35.9 Å². The maximum atomic E-state index is 13.5. The largest absolute Gasteiger partial charge is 0.332 e. The first-order chi connectivity index (χ1) is 16.3. The zero-order valence-electron chi connectivity index (χ0n) is 19.2. The highest BCUT2D eigenvalue weighted by Crippen LogP contribution is 2.35. The van der Waals surface area contributed by atoms with Crippen molar-refractivity contribution in [2.24, 2.45) is 0 Å². The Morgan fingerprint density at radius 3 is 2.71 bits per heavy atom. The number of amides is 2. The van der Waals surface area contributed by atoms with Gasteiger partial charge in [-0.2, -0.15) is 5.10 Å². The normalized spacial score (nSPS) is 17.6. The third kappa shape index (κ3) is 4.05. The van der Waals surface area contributed by atoms with Crippen LogP contribution >= 0.6 is 11.6 Å². The summed E-state index contributed by atoms with van der Waals surface area (Å²) < 4.78 is 1.70. The summed E-state index contributed by atoms with van der Waals surface area (Å²) in [4.78, 5) is 36.0. The molecule has 1 aromatic carbocycles. The van der Waals surface area contributed by atoms with E-state index in [1.807, 2.05) is 42.3 Å². The maximum Gasteiger partial charge on any atom is 0.233 e. The van der Waals surface area contributed by atoms with Gasteiger partial charge in [-0.3, -0.25) is 9.59 Å². The van der Waals surface area contributed by atoms with Crippen molar-refractivity contribution in [2.45, 2.75) is 51.7 Å². The number of hydrogen-bond donors (Lipinski definition) is 2. The lowest BCUT2D eigenvalue weighted by Gasteiger charge is -2.25. The predicted octanol–water partition coefficient (Wildman–Crippen LogP) is 3.00. The van der Waals surface area contributed by atoms with E-state index < -0.39 is 0 Å². The molecule has 4 heterocycles. The Kier molecular flexibility index (Phi) is 5.83. The fraction of sp³-hybridized carbons (Fsp3) is 0.375.